The summed E-state index contributed by atoms with van der Waals surface area (Å²) in [4.78, 5) is 4.44. The Morgan fingerprint density at radius 3 is 2.71 bits per heavy atom. The van der Waals surface area contributed by atoms with Gasteiger partial charge in [0.2, 0.25) is 5.89 Å². The lowest BCUT2D eigenvalue weighted by Crippen LogP contribution is -1.93. The van der Waals surface area contributed by atoms with Crippen molar-refractivity contribution in [3.8, 4) is 11.5 Å². The molecule has 17 heavy (non-hydrogen) atoms. The van der Waals surface area contributed by atoms with E-state index in [1.165, 1.54) is 17.7 Å². The van der Waals surface area contributed by atoms with E-state index in [1.54, 1.807) is 12.1 Å². The highest BCUT2D eigenvalue weighted by atomic mass is 19.1. The number of rotatable bonds is 1. The Bertz CT molecular complexity index is 581. The van der Waals surface area contributed by atoms with Crippen LogP contribution in [-0.2, 0) is 6.42 Å². The monoisotopic (exact) mass is 229 g/mol. The maximum Gasteiger partial charge on any atom is 0.226 e. The number of aromatic nitrogens is 1. The molecule has 0 bridgehead atoms. The number of allylic oxidation sites excluding steroid dienone is 1. The van der Waals surface area contributed by atoms with Crippen LogP contribution in [0.2, 0.25) is 0 Å². The lowest BCUT2D eigenvalue weighted by molar-refractivity contribution is 0.514. The minimum atomic E-state index is -0.249. The highest BCUT2D eigenvalue weighted by Gasteiger charge is 2.16. The van der Waals surface area contributed by atoms with Crippen molar-refractivity contribution >= 4 is 6.08 Å². The second-order valence-electron chi connectivity index (χ2n) is 4.33. The Kier molecular flexibility index (Phi) is 2.32. The molecule has 0 spiro atoms. The zero-order chi connectivity index (χ0) is 11.8. The SMILES string of the molecule is CC1=Cc2nc(-c3ccc(F)cc3)oc2CC1. The maximum absolute atomic E-state index is 12.8. The van der Waals surface area contributed by atoms with Crippen molar-refractivity contribution in [1.29, 1.82) is 0 Å². The van der Waals surface area contributed by atoms with Crippen molar-refractivity contribution in [3.63, 3.8) is 0 Å². The summed E-state index contributed by atoms with van der Waals surface area (Å²) < 4.78 is 18.5. The zero-order valence-corrected chi connectivity index (χ0v) is 9.53. The van der Waals surface area contributed by atoms with E-state index in [0.29, 0.717) is 5.89 Å². The van der Waals surface area contributed by atoms with Crippen molar-refractivity contribution in [2.45, 2.75) is 19.8 Å². The van der Waals surface area contributed by atoms with Crippen LogP contribution in [0.4, 0.5) is 4.39 Å². The van der Waals surface area contributed by atoms with Crippen LogP contribution in [0.5, 0.6) is 0 Å². The molecule has 0 atom stereocenters. The predicted molar refractivity (Wildman–Crippen MR) is 63.9 cm³/mol. The first-order valence-electron chi connectivity index (χ1n) is 5.65. The van der Waals surface area contributed by atoms with Gasteiger partial charge in [-0.15, -0.1) is 0 Å². The highest BCUT2D eigenvalue weighted by Crippen LogP contribution is 2.28. The van der Waals surface area contributed by atoms with Crippen molar-refractivity contribution in [3.05, 3.63) is 47.1 Å². The quantitative estimate of drug-likeness (QED) is 0.742. The van der Waals surface area contributed by atoms with Gasteiger partial charge in [0, 0.05) is 12.0 Å². The third-order valence-electron chi connectivity index (χ3n) is 2.95. The fourth-order valence-corrected chi connectivity index (χ4v) is 1.99. The number of halogens is 1. The second-order valence-corrected chi connectivity index (χ2v) is 4.33. The topological polar surface area (TPSA) is 26.0 Å². The molecule has 2 aromatic rings. The van der Waals surface area contributed by atoms with Crippen LogP contribution < -0.4 is 0 Å². The van der Waals surface area contributed by atoms with Crippen LogP contribution in [-0.4, -0.2) is 4.98 Å². The van der Waals surface area contributed by atoms with Crippen LogP contribution in [0.25, 0.3) is 17.5 Å². The van der Waals surface area contributed by atoms with E-state index in [1.807, 2.05) is 0 Å². The molecule has 1 aliphatic carbocycles. The van der Waals surface area contributed by atoms with Gasteiger partial charge in [-0.25, -0.2) is 9.37 Å². The zero-order valence-electron chi connectivity index (χ0n) is 9.53. The first-order chi connectivity index (χ1) is 8.22. The van der Waals surface area contributed by atoms with E-state index in [-0.39, 0.29) is 5.82 Å². The Balaban J connectivity index is 2.03. The van der Waals surface area contributed by atoms with Crippen molar-refractivity contribution in [2.24, 2.45) is 0 Å². The molecule has 2 nitrogen and oxygen atoms in total. The summed E-state index contributed by atoms with van der Waals surface area (Å²) in [5.74, 6) is 1.25. The average molecular weight is 229 g/mol. The average Bonchev–Trinajstić information content (AvgIpc) is 2.72. The van der Waals surface area contributed by atoms with Gasteiger partial charge >= 0.3 is 0 Å². The minimum Gasteiger partial charge on any atom is -0.441 e. The van der Waals surface area contributed by atoms with E-state index < -0.39 is 0 Å². The third-order valence-corrected chi connectivity index (χ3v) is 2.95. The van der Waals surface area contributed by atoms with E-state index in [2.05, 4.69) is 18.0 Å². The largest absolute Gasteiger partial charge is 0.441 e. The van der Waals surface area contributed by atoms with Gasteiger partial charge < -0.3 is 4.42 Å². The molecule has 1 aromatic heterocycles. The first-order valence-corrected chi connectivity index (χ1v) is 5.65. The number of hydrogen-bond acceptors (Lipinski definition) is 2. The van der Waals surface area contributed by atoms with Gasteiger partial charge in [-0.2, -0.15) is 0 Å². The molecule has 0 saturated heterocycles. The lowest BCUT2D eigenvalue weighted by Gasteiger charge is -2.05. The number of benzene rings is 1. The van der Waals surface area contributed by atoms with Crippen molar-refractivity contribution in [1.82, 2.24) is 4.98 Å². The molecule has 3 rings (SSSR count). The number of nitrogens with zero attached hydrogens (tertiary/aromatic N) is 1. The first kappa shape index (κ1) is 10.3. The van der Waals surface area contributed by atoms with E-state index >= 15 is 0 Å². The van der Waals surface area contributed by atoms with E-state index in [0.717, 1.165) is 29.9 Å². The van der Waals surface area contributed by atoms with Gasteiger partial charge in [0.05, 0.1) is 0 Å². The van der Waals surface area contributed by atoms with Crippen molar-refractivity contribution < 1.29 is 8.81 Å². The van der Waals surface area contributed by atoms with E-state index in [9.17, 15) is 4.39 Å². The molecule has 86 valence electrons. The van der Waals surface area contributed by atoms with Crippen LogP contribution >= 0.6 is 0 Å². The molecule has 0 aliphatic heterocycles. The van der Waals surface area contributed by atoms with Gasteiger partial charge in [0.25, 0.3) is 0 Å². The smallest absolute Gasteiger partial charge is 0.226 e. The predicted octanol–water partition coefficient (Wildman–Crippen LogP) is 3.83. The summed E-state index contributed by atoms with van der Waals surface area (Å²) in [6.07, 6.45) is 3.96. The molecule has 1 aliphatic rings. The van der Waals surface area contributed by atoms with Crippen LogP contribution in [0.1, 0.15) is 24.8 Å². The molecule has 0 amide bonds. The van der Waals surface area contributed by atoms with E-state index in [4.69, 9.17) is 4.42 Å². The fraction of sp³-hybridized carbons (Fsp3) is 0.214. The maximum atomic E-state index is 12.8. The molecule has 0 fully saturated rings. The van der Waals surface area contributed by atoms with Crippen LogP contribution in [0.15, 0.2) is 34.3 Å². The number of hydrogen-bond donors (Lipinski definition) is 0. The Morgan fingerprint density at radius 2 is 1.94 bits per heavy atom. The molecule has 0 N–H and O–H groups in total. The summed E-state index contributed by atoms with van der Waals surface area (Å²) in [6.45, 7) is 2.09. The Hall–Kier alpha value is -1.90. The standard InChI is InChI=1S/C14H12FNO/c1-9-2-7-13-12(8-9)16-14(17-13)10-3-5-11(15)6-4-10/h3-6,8H,2,7H2,1H3. The van der Waals surface area contributed by atoms with Crippen LogP contribution in [0.3, 0.4) is 0 Å². The van der Waals surface area contributed by atoms with Gasteiger partial charge in [-0.3, -0.25) is 0 Å². The minimum absolute atomic E-state index is 0.249. The fourth-order valence-electron chi connectivity index (χ4n) is 1.99. The number of fused-ring (bicyclic) bond motifs is 1. The lowest BCUT2D eigenvalue weighted by atomic mass is 10.0. The molecule has 0 unspecified atom stereocenters. The number of aryl methyl sites for hydroxylation is 1. The summed E-state index contributed by atoms with van der Waals surface area (Å²) in [5, 5.41) is 0. The normalized spacial score (nSPS) is 14.4. The molecule has 3 heteroatoms. The highest BCUT2D eigenvalue weighted by molar-refractivity contribution is 5.59. The molecule has 0 radical (unpaired) electrons. The summed E-state index contributed by atoms with van der Waals surface area (Å²) in [6, 6.07) is 6.20. The van der Waals surface area contributed by atoms with Gasteiger partial charge in [0.15, 0.2) is 0 Å². The summed E-state index contributed by atoms with van der Waals surface area (Å²) in [5.41, 5.74) is 3.04. The van der Waals surface area contributed by atoms with Crippen LogP contribution in [0, 0.1) is 5.82 Å². The Morgan fingerprint density at radius 1 is 1.18 bits per heavy atom. The third kappa shape index (κ3) is 1.88. The van der Waals surface area contributed by atoms with Gasteiger partial charge in [-0.1, -0.05) is 5.57 Å². The molecular formula is C14H12FNO. The molecular weight excluding hydrogens is 217 g/mol. The summed E-state index contributed by atoms with van der Waals surface area (Å²) >= 11 is 0. The van der Waals surface area contributed by atoms with Crippen molar-refractivity contribution in [2.75, 3.05) is 0 Å². The summed E-state index contributed by atoms with van der Waals surface area (Å²) in [7, 11) is 0. The van der Waals surface area contributed by atoms with Gasteiger partial charge in [-0.05, 0) is 43.7 Å². The second kappa shape index (κ2) is 3.84. The molecule has 1 heterocycles. The van der Waals surface area contributed by atoms with Gasteiger partial charge in [0.1, 0.15) is 17.3 Å². The number of oxazole rings is 1. The Labute approximate surface area is 98.8 Å². The molecule has 1 aromatic carbocycles. The molecule has 0 saturated carbocycles.